The van der Waals surface area contributed by atoms with E-state index in [1.54, 1.807) is 13.0 Å². The molecule has 1 aliphatic rings. The maximum Gasteiger partial charge on any atom is 0.269 e. The molecule has 1 aliphatic carbocycles. The minimum Gasteiger partial charge on any atom is -0.258 e. The zero-order valence-corrected chi connectivity index (χ0v) is 7.72. The molecular weight excluding hydrogens is 210 g/mol. The Balaban J connectivity index is 2.98. The summed E-state index contributed by atoms with van der Waals surface area (Å²) in [4.78, 5) is 10.1. The standard InChI is InChI=1S/C7H8BrNO2/c1-5-2-3-6(8)4-7(5)9(10)11/h4H,2-3H2,1H3. The quantitative estimate of drug-likeness (QED) is 0.501. The van der Waals surface area contributed by atoms with Crippen molar-refractivity contribution in [3.05, 3.63) is 31.9 Å². The number of halogens is 1. The van der Waals surface area contributed by atoms with Crippen molar-refractivity contribution in [1.82, 2.24) is 0 Å². The van der Waals surface area contributed by atoms with E-state index in [9.17, 15) is 10.1 Å². The van der Waals surface area contributed by atoms with Gasteiger partial charge >= 0.3 is 0 Å². The van der Waals surface area contributed by atoms with Crippen molar-refractivity contribution >= 4 is 15.9 Å². The van der Waals surface area contributed by atoms with Crippen molar-refractivity contribution in [1.29, 1.82) is 0 Å². The first kappa shape index (κ1) is 8.46. The van der Waals surface area contributed by atoms with E-state index >= 15 is 0 Å². The van der Waals surface area contributed by atoms with Gasteiger partial charge in [-0.2, -0.15) is 0 Å². The van der Waals surface area contributed by atoms with E-state index in [2.05, 4.69) is 15.9 Å². The van der Waals surface area contributed by atoms with Crippen LogP contribution in [0.4, 0.5) is 0 Å². The van der Waals surface area contributed by atoms with Gasteiger partial charge in [-0.15, -0.1) is 0 Å². The minimum absolute atomic E-state index is 0.239. The second-order valence-electron chi connectivity index (χ2n) is 2.51. The summed E-state index contributed by atoms with van der Waals surface area (Å²) in [6.07, 6.45) is 3.25. The Labute approximate surface area is 73.1 Å². The van der Waals surface area contributed by atoms with E-state index in [0.29, 0.717) is 0 Å². The highest BCUT2D eigenvalue weighted by Crippen LogP contribution is 2.26. The lowest BCUT2D eigenvalue weighted by Gasteiger charge is -2.07. The zero-order valence-electron chi connectivity index (χ0n) is 6.13. The van der Waals surface area contributed by atoms with Crippen LogP contribution in [0.2, 0.25) is 0 Å². The Morgan fingerprint density at radius 3 is 2.73 bits per heavy atom. The normalized spacial score (nSPS) is 18.2. The van der Waals surface area contributed by atoms with Gasteiger partial charge in [-0.3, -0.25) is 10.1 Å². The number of hydrogen-bond acceptors (Lipinski definition) is 2. The maximum atomic E-state index is 10.4. The monoisotopic (exact) mass is 217 g/mol. The largest absolute Gasteiger partial charge is 0.269 e. The van der Waals surface area contributed by atoms with Crippen LogP contribution in [0.25, 0.3) is 0 Å². The van der Waals surface area contributed by atoms with Gasteiger partial charge in [-0.1, -0.05) is 15.9 Å². The van der Waals surface area contributed by atoms with Gasteiger partial charge in [-0.05, 0) is 19.8 Å². The highest BCUT2D eigenvalue weighted by atomic mass is 79.9. The Morgan fingerprint density at radius 2 is 2.27 bits per heavy atom. The number of rotatable bonds is 1. The number of nitrogens with zero attached hydrogens (tertiary/aromatic N) is 1. The van der Waals surface area contributed by atoms with Crippen LogP contribution >= 0.6 is 15.9 Å². The van der Waals surface area contributed by atoms with Gasteiger partial charge in [0.2, 0.25) is 0 Å². The summed E-state index contributed by atoms with van der Waals surface area (Å²) in [5.74, 6) is 0. The molecule has 0 bridgehead atoms. The van der Waals surface area contributed by atoms with Gasteiger partial charge in [0.25, 0.3) is 5.70 Å². The molecule has 0 radical (unpaired) electrons. The highest BCUT2D eigenvalue weighted by molar-refractivity contribution is 9.11. The third-order valence-electron chi connectivity index (χ3n) is 1.67. The van der Waals surface area contributed by atoms with Gasteiger partial charge in [0.05, 0.1) is 4.92 Å². The van der Waals surface area contributed by atoms with Gasteiger partial charge < -0.3 is 0 Å². The molecule has 0 atom stereocenters. The molecule has 11 heavy (non-hydrogen) atoms. The molecule has 0 aromatic rings. The van der Waals surface area contributed by atoms with Crippen LogP contribution in [-0.2, 0) is 0 Å². The predicted octanol–water partition coefficient (Wildman–Crippen LogP) is 2.61. The van der Waals surface area contributed by atoms with Crippen LogP contribution < -0.4 is 0 Å². The van der Waals surface area contributed by atoms with E-state index < -0.39 is 0 Å². The molecule has 0 heterocycles. The fraction of sp³-hybridized carbons (Fsp3) is 0.429. The van der Waals surface area contributed by atoms with E-state index in [1.807, 2.05) is 0 Å². The summed E-state index contributed by atoms with van der Waals surface area (Å²) in [6, 6.07) is 0. The van der Waals surface area contributed by atoms with Crippen molar-refractivity contribution in [2.75, 3.05) is 0 Å². The van der Waals surface area contributed by atoms with Crippen molar-refractivity contribution in [3.63, 3.8) is 0 Å². The lowest BCUT2D eigenvalue weighted by Crippen LogP contribution is -2.03. The van der Waals surface area contributed by atoms with E-state index in [-0.39, 0.29) is 10.6 Å². The van der Waals surface area contributed by atoms with Crippen LogP contribution in [0.5, 0.6) is 0 Å². The zero-order chi connectivity index (χ0) is 8.43. The molecule has 0 fully saturated rings. The van der Waals surface area contributed by atoms with Crippen LogP contribution in [0.15, 0.2) is 21.8 Å². The van der Waals surface area contributed by atoms with Crippen LogP contribution in [0.3, 0.4) is 0 Å². The second kappa shape index (κ2) is 3.17. The molecule has 3 nitrogen and oxygen atoms in total. The summed E-state index contributed by atoms with van der Waals surface area (Å²) < 4.78 is 0.912. The number of nitro groups is 1. The Bertz CT molecular complexity index is 255. The molecule has 4 heteroatoms. The summed E-state index contributed by atoms with van der Waals surface area (Å²) in [6.45, 7) is 1.80. The molecule has 0 N–H and O–H groups in total. The van der Waals surface area contributed by atoms with Crippen molar-refractivity contribution in [3.8, 4) is 0 Å². The second-order valence-corrected chi connectivity index (χ2v) is 3.53. The number of allylic oxidation sites excluding steroid dienone is 3. The Hall–Kier alpha value is -0.640. The van der Waals surface area contributed by atoms with Crippen molar-refractivity contribution < 1.29 is 4.92 Å². The number of hydrogen-bond donors (Lipinski definition) is 0. The van der Waals surface area contributed by atoms with Crippen LogP contribution in [-0.4, -0.2) is 4.92 Å². The van der Waals surface area contributed by atoms with Crippen LogP contribution in [0.1, 0.15) is 19.8 Å². The maximum absolute atomic E-state index is 10.4. The minimum atomic E-state index is -0.338. The molecule has 0 unspecified atom stereocenters. The SMILES string of the molecule is CC1=C([N+](=O)[O-])C=C(Br)CC1. The van der Waals surface area contributed by atoms with Gasteiger partial charge in [0, 0.05) is 16.1 Å². The van der Waals surface area contributed by atoms with E-state index in [1.165, 1.54) is 0 Å². The smallest absolute Gasteiger partial charge is 0.258 e. The van der Waals surface area contributed by atoms with Crippen LogP contribution in [0, 0.1) is 10.1 Å². The predicted molar refractivity (Wildman–Crippen MR) is 45.9 cm³/mol. The first-order chi connectivity index (χ1) is 5.11. The average molecular weight is 218 g/mol. The summed E-state index contributed by atoms with van der Waals surface area (Å²) in [5.41, 5.74) is 1.10. The topological polar surface area (TPSA) is 43.1 Å². The summed E-state index contributed by atoms with van der Waals surface area (Å²) in [7, 11) is 0. The van der Waals surface area contributed by atoms with Crippen molar-refractivity contribution in [2.24, 2.45) is 0 Å². The first-order valence-electron chi connectivity index (χ1n) is 3.31. The molecule has 0 aromatic carbocycles. The lowest BCUT2D eigenvalue weighted by atomic mass is 10.0. The molecule has 0 spiro atoms. The average Bonchev–Trinajstić information content (AvgIpc) is 1.94. The highest BCUT2D eigenvalue weighted by Gasteiger charge is 2.17. The fourth-order valence-electron chi connectivity index (χ4n) is 0.987. The molecule has 0 saturated heterocycles. The van der Waals surface area contributed by atoms with E-state index in [4.69, 9.17) is 0 Å². The van der Waals surface area contributed by atoms with Gasteiger partial charge in [-0.25, -0.2) is 0 Å². The molecular formula is C7H8BrNO2. The van der Waals surface area contributed by atoms with Gasteiger partial charge in [0.1, 0.15) is 0 Å². The van der Waals surface area contributed by atoms with E-state index in [0.717, 1.165) is 22.9 Å². The molecule has 0 saturated carbocycles. The molecule has 0 aliphatic heterocycles. The summed E-state index contributed by atoms with van der Waals surface area (Å²) >= 11 is 3.25. The first-order valence-corrected chi connectivity index (χ1v) is 4.11. The fourth-order valence-corrected chi connectivity index (χ4v) is 1.40. The Kier molecular flexibility index (Phi) is 2.44. The summed E-state index contributed by atoms with van der Waals surface area (Å²) in [5, 5.41) is 10.4. The van der Waals surface area contributed by atoms with Crippen molar-refractivity contribution in [2.45, 2.75) is 19.8 Å². The molecule has 1 rings (SSSR count). The van der Waals surface area contributed by atoms with Gasteiger partial charge in [0.15, 0.2) is 0 Å². The third-order valence-corrected chi connectivity index (χ3v) is 2.29. The molecule has 0 amide bonds. The Morgan fingerprint density at radius 1 is 1.64 bits per heavy atom. The molecule has 60 valence electrons. The lowest BCUT2D eigenvalue weighted by molar-refractivity contribution is -0.420. The molecule has 0 aromatic heterocycles. The third kappa shape index (κ3) is 1.89.